The van der Waals surface area contributed by atoms with Gasteiger partial charge in [-0.25, -0.2) is 4.68 Å². The van der Waals surface area contributed by atoms with Crippen molar-refractivity contribution in [1.82, 2.24) is 25.5 Å². The van der Waals surface area contributed by atoms with Crippen LogP contribution >= 0.6 is 0 Å². The predicted molar refractivity (Wildman–Crippen MR) is 70.9 cm³/mol. The second kappa shape index (κ2) is 6.08. The summed E-state index contributed by atoms with van der Waals surface area (Å²) in [6, 6.07) is 7.16. The van der Waals surface area contributed by atoms with Crippen molar-refractivity contribution in [2.45, 2.75) is 20.3 Å². The van der Waals surface area contributed by atoms with Gasteiger partial charge in [0.1, 0.15) is 6.33 Å². The normalized spacial score (nSPS) is 10.7. The maximum Gasteiger partial charge on any atom is 0.251 e. The number of aromatic nitrogens is 4. The van der Waals surface area contributed by atoms with Crippen LogP contribution in [0.3, 0.4) is 0 Å². The van der Waals surface area contributed by atoms with Gasteiger partial charge in [0.25, 0.3) is 5.91 Å². The summed E-state index contributed by atoms with van der Waals surface area (Å²) in [4.78, 5) is 11.9. The Morgan fingerprint density at radius 2 is 2.05 bits per heavy atom. The average Bonchev–Trinajstić information content (AvgIpc) is 2.92. The molecule has 6 nitrogen and oxygen atoms in total. The Labute approximate surface area is 111 Å². The van der Waals surface area contributed by atoms with E-state index >= 15 is 0 Å². The molecule has 1 heterocycles. The van der Waals surface area contributed by atoms with Crippen molar-refractivity contribution in [3.63, 3.8) is 0 Å². The van der Waals surface area contributed by atoms with Crippen LogP contribution in [0.5, 0.6) is 0 Å². The van der Waals surface area contributed by atoms with Gasteiger partial charge in [-0.15, -0.1) is 5.10 Å². The molecule has 0 aliphatic heterocycles. The zero-order valence-electron chi connectivity index (χ0n) is 11.1. The van der Waals surface area contributed by atoms with E-state index in [9.17, 15) is 4.79 Å². The van der Waals surface area contributed by atoms with E-state index in [0.29, 0.717) is 18.0 Å². The summed E-state index contributed by atoms with van der Waals surface area (Å²) in [6.07, 6.45) is 2.49. The van der Waals surface area contributed by atoms with Gasteiger partial charge in [0, 0.05) is 12.1 Å². The molecule has 0 aliphatic carbocycles. The lowest BCUT2D eigenvalue weighted by molar-refractivity contribution is 0.0952. The van der Waals surface area contributed by atoms with Gasteiger partial charge in [-0.05, 0) is 47.0 Å². The van der Waals surface area contributed by atoms with Crippen LogP contribution < -0.4 is 5.32 Å². The van der Waals surface area contributed by atoms with E-state index in [1.165, 1.54) is 6.33 Å². The molecule has 0 radical (unpaired) electrons. The number of amides is 1. The second-order valence-corrected chi connectivity index (χ2v) is 4.74. The predicted octanol–water partition coefficient (Wildman–Crippen LogP) is 1.44. The molecular weight excluding hydrogens is 242 g/mol. The van der Waals surface area contributed by atoms with Gasteiger partial charge >= 0.3 is 0 Å². The summed E-state index contributed by atoms with van der Waals surface area (Å²) in [5.41, 5.74) is 1.46. The molecule has 19 heavy (non-hydrogen) atoms. The number of nitrogens with zero attached hydrogens (tertiary/aromatic N) is 4. The number of tetrazole rings is 1. The fraction of sp³-hybridized carbons (Fsp3) is 0.385. The van der Waals surface area contributed by atoms with Crippen molar-refractivity contribution in [2.75, 3.05) is 6.54 Å². The van der Waals surface area contributed by atoms with Crippen LogP contribution in [0, 0.1) is 5.92 Å². The van der Waals surface area contributed by atoms with Crippen molar-refractivity contribution in [3.8, 4) is 5.69 Å². The zero-order valence-corrected chi connectivity index (χ0v) is 11.1. The van der Waals surface area contributed by atoms with E-state index < -0.39 is 0 Å². The lowest BCUT2D eigenvalue weighted by Gasteiger charge is -2.07. The summed E-state index contributed by atoms with van der Waals surface area (Å²) in [7, 11) is 0. The molecule has 100 valence electrons. The molecule has 0 spiro atoms. The number of rotatable bonds is 5. The van der Waals surface area contributed by atoms with Crippen LogP contribution in [-0.4, -0.2) is 32.7 Å². The minimum atomic E-state index is -0.0519. The van der Waals surface area contributed by atoms with Crippen molar-refractivity contribution >= 4 is 5.91 Å². The van der Waals surface area contributed by atoms with Crippen molar-refractivity contribution < 1.29 is 4.79 Å². The van der Waals surface area contributed by atoms with E-state index in [1.807, 2.05) is 12.1 Å². The topological polar surface area (TPSA) is 72.7 Å². The fourth-order valence-electron chi connectivity index (χ4n) is 1.62. The summed E-state index contributed by atoms with van der Waals surface area (Å²) in [5.74, 6) is 0.534. The highest BCUT2D eigenvalue weighted by Gasteiger charge is 2.06. The molecule has 0 aliphatic rings. The third-order valence-electron chi connectivity index (χ3n) is 2.75. The number of carbonyl (C=O) groups is 1. The molecule has 0 saturated heterocycles. The van der Waals surface area contributed by atoms with Crippen LogP contribution in [-0.2, 0) is 0 Å². The first-order valence-electron chi connectivity index (χ1n) is 6.28. The lowest BCUT2D eigenvalue weighted by Crippen LogP contribution is -2.25. The van der Waals surface area contributed by atoms with E-state index in [2.05, 4.69) is 34.7 Å². The van der Waals surface area contributed by atoms with Crippen LogP contribution in [0.1, 0.15) is 30.6 Å². The van der Waals surface area contributed by atoms with E-state index in [1.54, 1.807) is 16.8 Å². The minimum absolute atomic E-state index is 0.0519. The van der Waals surface area contributed by atoms with E-state index in [4.69, 9.17) is 0 Å². The first-order valence-corrected chi connectivity index (χ1v) is 6.28. The Morgan fingerprint density at radius 1 is 1.32 bits per heavy atom. The van der Waals surface area contributed by atoms with Crippen molar-refractivity contribution in [2.24, 2.45) is 5.92 Å². The number of hydrogen-bond acceptors (Lipinski definition) is 4. The molecule has 0 bridgehead atoms. The van der Waals surface area contributed by atoms with Crippen LogP contribution in [0.25, 0.3) is 5.69 Å². The quantitative estimate of drug-likeness (QED) is 0.881. The summed E-state index contributed by atoms with van der Waals surface area (Å²) in [6.45, 7) is 4.96. The standard InChI is InChI=1S/C13H17N5O/c1-10(2)7-8-14-13(19)11-3-5-12(6-4-11)18-9-15-16-17-18/h3-6,9-10H,7-8H2,1-2H3,(H,14,19). The van der Waals surface area contributed by atoms with Gasteiger partial charge in [-0.3, -0.25) is 4.79 Å². The Hall–Kier alpha value is -2.24. The monoisotopic (exact) mass is 259 g/mol. The molecule has 1 N–H and O–H groups in total. The fourth-order valence-corrected chi connectivity index (χ4v) is 1.62. The lowest BCUT2D eigenvalue weighted by atomic mass is 10.1. The molecule has 1 amide bonds. The van der Waals surface area contributed by atoms with Crippen molar-refractivity contribution in [3.05, 3.63) is 36.2 Å². The van der Waals surface area contributed by atoms with E-state index in [-0.39, 0.29) is 5.91 Å². The van der Waals surface area contributed by atoms with Gasteiger partial charge in [0.15, 0.2) is 0 Å². The average molecular weight is 259 g/mol. The molecule has 0 saturated carbocycles. The molecule has 2 rings (SSSR count). The third kappa shape index (κ3) is 3.61. The highest BCUT2D eigenvalue weighted by molar-refractivity contribution is 5.94. The summed E-state index contributed by atoms with van der Waals surface area (Å²) >= 11 is 0. The van der Waals surface area contributed by atoms with E-state index in [0.717, 1.165) is 12.1 Å². The molecule has 0 fully saturated rings. The van der Waals surface area contributed by atoms with Gasteiger partial charge in [0.05, 0.1) is 5.69 Å². The second-order valence-electron chi connectivity index (χ2n) is 4.74. The molecule has 2 aromatic rings. The van der Waals surface area contributed by atoms with Gasteiger partial charge < -0.3 is 5.32 Å². The Bertz CT molecular complexity index is 518. The maximum atomic E-state index is 11.9. The zero-order chi connectivity index (χ0) is 13.7. The highest BCUT2D eigenvalue weighted by atomic mass is 16.1. The van der Waals surface area contributed by atoms with Gasteiger partial charge in [-0.2, -0.15) is 0 Å². The minimum Gasteiger partial charge on any atom is -0.352 e. The SMILES string of the molecule is CC(C)CCNC(=O)c1ccc(-n2cnnn2)cc1. The molecule has 0 unspecified atom stereocenters. The smallest absolute Gasteiger partial charge is 0.251 e. The molecule has 1 aromatic carbocycles. The molecular formula is C13H17N5O. The summed E-state index contributed by atoms with van der Waals surface area (Å²) in [5, 5.41) is 13.8. The third-order valence-corrected chi connectivity index (χ3v) is 2.75. The molecule has 6 heteroatoms. The van der Waals surface area contributed by atoms with Crippen LogP contribution in [0.15, 0.2) is 30.6 Å². The molecule has 0 atom stereocenters. The van der Waals surface area contributed by atoms with Gasteiger partial charge in [0.2, 0.25) is 0 Å². The first-order chi connectivity index (χ1) is 9.16. The number of nitrogens with one attached hydrogen (secondary N) is 1. The Morgan fingerprint density at radius 3 is 2.63 bits per heavy atom. The number of carbonyl (C=O) groups excluding carboxylic acids is 1. The van der Waals surface area contributed by atoms with Gasteiger partial charge in [-0.1, -0.05) is 13.8 Å². The Kier molecular flexibility index (Phi) is 4.22. The highest BCUT2D eigenvalue weighted by Crippen LogP contribution is 2.07. The number of hydrogen-bond donors (Lipinski definition) is 1. The molecule has 1 aromatic heterocycles. The van der Waals surface area contributed by atoms with Crippen molar-refractivity contribution in [1.29, 1.82) is 0 Å². The van der Waals surface area contributed by atoms with Crippen LogP contribution in [0.2, 0.25) is 0 Å². The maximum absolute atomic E-state index is 11.9. The largest absolute Gasteiger partial charge is 0.352 e. The van der Waals surface area contributed by atoms with Crippen LogP contribution in [0.4, 0.5) is 0 Å². The summed E-state index contributed by atoms with van der Waals surface area (Å²) < 4.78 is 1.54. The Balaban J connectivity index is 1.96. The first kappa shape index (κ1) is 13.2. The number of benzene rings is 1.